The Balaban J connectivity index is 2.26. The molecule has 0 aliphatic carbocycles. The van der Waals surface area contributed by atoms with E-state index in [0.717, 1.165) is 18.9 Å². The maximum Gasteiger partial charge on any atom is 0.188 e. The molecule has 1 heterocycles. The molecule has 1 aliphatic heterocycles. The average molecular weight is 254 g/mol. The summed E-state index contributed by atoms with van der Waals surface area (Å²) < 4.78 is 0. The van der Waals surface area contributed by atoms with Crippen LogP contribution in [0.1, 0.15) is 40.5 Å². The molecular weight excluding hydrogens is 224 g/mol. The molecule has 0 spiro atoms. The van der Waals surface area contributed by atoms with Gasteiger partial charge < -0.3 is 16.0 Å². The van der Waals surface area contributed by atoms with Crippen molar-refractivity contribution in [3.05, 3.63) is 0 Å². The lowest BCUT2D eigenvalue weighted by atomic mass is 10.1. The molecule has 4 heteroatoms. The average Bonchev–Trinajstić information content (AvgIpc) is 2.73. The van der Waals surface area contributed by atoms with E-state index in [1.54, 1.807) is 0 Å². The standard InChI is InChI=1S/C14H30N4/c1-5-12(4)17-14(15)16-8-13-6-7-18(10-13)9-11(2)3/h11-13H,5-10H2,1-4H3,(H3,15,16,17). The fourth-order valence-corrected chi connectivity index (χ4v) is 2.37. The van der Waals surface area contributed by atoms with E-state index in [4.69, 9.17) is 5.73 Å². The predicted molar refractivity (Wildman–Crippen MR) is 78.8 cm³/mol. The minimum Gasteiger partial charge on any atom is -0.370 e. The zero-order chi connectivity index (χ0) is 13.5. The summed E-state index contributed by atoms with van der Waals surface area (Å²) in [5.41, 5.74) is 5.87. The number of hydrogen-bond acceptors (Lipinski definition) is 2. The van der Waals surface area contributed by atoms with Crippen LogP contribution < -0.4 is 11.1 Å². The van der Waals surface area contributed by atoms with Gasteiger partial charge in [0.1, 0.15) is 0 Å². The van der Waals surface area contributed by atoms with Gasteiger partial charge >= 0.3 is 0 Å². The minimum absolute atomic E-state index is 0.412. The minimum atomic E-state index is 0.412. The maximum atomic E-state index is 5.87. The number of guanidine groups is 1. The van der Waals surface area contributed by atoms with Crippen molar-refractivity contribution in [1.82, 2.24) is 10.2 Å². The molecule has 0 aromatic carbocycles. The molecular formula is C14H30N4. The first-order valence-corrected chi connectivity index (χ1v) is 7.30. The number of aliphatic imine (C=N–C) groups is 1. The zero-order valence-electron chi connectivity index (χ0n) is 12.4. The topological polar surface area (TPSA) is 53.6 Å². The summed E-state index contributed by atoms with van der Waals surface area (Å²) in [6.45, 7) is 13.3. The van der Waals surface area contributed by atoms with Crippen LogP contribution in [-0.4, -0.2) is 43.1 Å². The summed E-state index contributed by atoms with van der Waals surface area (Å²) >= 11 is 0. The maximum absolute atomic E-state index is 5.87. The second-order valence-electron chi connectivity index (χ2n) is 5.99. The molecule has 0 radical (unpaired) electrons. The first-order valence-electron chi connectivity index (χ1n) is 7.30. The number of likely N-dealkylation sites (tertiary alicyclic amines) is 1. The number of rotatable bonds is 6. The molecule has 0 saturated carbocycles. The van der Waals surface area contributed by atoms with Gasteiger partial charge in [-0.2, -0.15) is 0 Å². The molecule has 0 bridgehead atoms. The van der Waals surface area contributed by atoms with Gasteiger partial charge in [0.2, 0.25) is 0 Å². The summed E-state index contributed by atoms with van der Waals surface area (Å²) in [5, 5.41) is 3.21. The zero-order valence-corrected chi connectivity index (χ0v) is 12.4. The van der Waals surface area contributed by atoms with Crippen molar-refractivity contribution in [1.29, 1.82) is 0 Å². The summed E-state index contributed by atoms with van der Waals surface area (Å²) in [4.78, 5) is 7.01. The molecule has 4 nitrogen and oxygen atoms in total. The third-order valence-electron chi connectivity index (χ3n) is 3.52. The van der Waals surface area contributed by atoms with Crippen molar-refractivity contribution in [3.63, 3.8) is 0 Å². The lowest BCUT2D eigenvalue weighted by Gasteiger charge is -2.18. The van der Waals surface area contributed by atoms with Crippen LogP contribution in [0.2, 0.25) is 0 Å². The molecule has 1 fully saturated rings. The highest BCUT2D eigenvalue weighted by molar-refractivity contribution is 5.78. The van der Waals surface area contributed by atoms with Gasteiger partial charge in [0, 0.05) is 25.7 Å². The number of nitrogens with two attached hydrogens (primary N) is 1. The molecule has 106 valence electrons. The van der Waals surface area contributed by atoms with Crippen LogP contribution in [0.25, 0.3) is 0 Å². The predicted octanol–water partition coefficient (Wildman–Crippen LogP) is 1.67. The Morgan fingerprint density at radius 3 is 2.78 bits per heavy atom. The van der Waals surface area contributed by atoms with E-state index in [1.165, 1.54) is 26.1 Å². The quantitative estimate of drug-likeness (QED) is 0.560. The van der Waals surface area contributed by atoms with Crippen LogP contribution in [0.15, 0.2) is 4.99 Å². The van der Waals surface area contributed by atoms with Crippen molar-refractivity contribution >= 4 is 5.96 Å². The van der Waals surface area contributed by atoms with Crippen molar-refractivity contribution in [3.8, 4) is 0 Å². The van der Waals surface area contributed by atoms with Gasteiger partial charge in [0.15, 0.2) is 5.96 Å². The van der Waals surface area contributed by atoms with E-state index in [9.17, 15) is 0 Å². The van der Waals surface area contributed by atoms with Crippen LogP contribution in [0.4, 0.5) is 0 Å². The summed E-state index contributed by atoms with van der Waals surface area (Å²) in [7, 11) is 0. The van der Waals surface area contributed by atoms with E-state index in [-0.39, 0.29) is 0 Å². The van der Waals surface area contributed by atoms with Crippen LogP contribution in [0, 0.1) is 11.8 Å². The fourth-order valence-electron chi connectivity index (χ4n) is 2.37. The molecule has 0 aromatic heterocycles. The van der Waals surface area contributed by atoms with Gasteiger partial charge in [-0.25, -0.2) is 0 Å². The van der Waals surface area contributed by atoms with Crippen molar-refractivity contribution in [2.45, 2.75) is 46.6 Å². The Morgan fingerprint density at radius 2 is 2.17 bits per heavy atom. The first kappa shape index (κ1) is 15.3. The Morgan fingerprint density at radius 1 is 1.44 bits per heavy atom. The van der Waals surface area contributed by atoms with Crippen LogP contribution in [0.5, 0.6) is 0 Å². The van der Waals surface area contributed by atoms with Gasteiger partial charge in [0.25, 0.3) is 0 Å². The molecule has 0 aromatic rings. The van der Waals surface area contributed by atoms with Gasteiger partial charge in [0.05, 0.1) is 0 Å². The van der Waals surface area contributed by atoms with Crippen molar-refractivity contribution in [2.24, 2.45) is 22.6 Å². The fraction of sp³-hybridized carbons (Fsp3) is 0.929. The largest absolute Gasteiger partial charge is 0.370 e. The molecule has 18 heavy (non-hydrogen) atoms. The van der Waals surface area contributed by atoms with Gasteiger partial charge in [-0.1, -0.05) is 20.8 Å². The van der Waals surface area contributed by atoms with Crippen LogP contribution in [0.3, 0.4) is 0 Å². The summed E-state index contributed by atoms with van der Waals surface area (Å²) in [6.07, 6.45) is 2.33. The van der Waals surface area contributed by atoms with E-state index in [2.05, 4.69) is 42.9 Å². The second-order valence-corrected chi connectivity index (χ2v) is 5.99. The molecule has 1 rings (SSSR count). The van der Waals surface area contributed by atoms with Crippen LogP contribution >= 0.6 is 0 Å². The van der Waals surface area contributed by atoms with Crippen molar-refractivity contribution in [2.75, 3.05) is 26.2 Å². The number of nitrogens with one attached hydrogen (secondary N) is 1. The molecule has 0 amide bonds. The highest BCUT2D eigenvalue weighted by Crippen LogP contribution is 2.17. The SMILES string of the molecule is CCC(C)NC(N)=NCC1CCN(CC(C)C)C1. The normalized spacial score (nSPS) is 23.6. The smallest absolute Gasteiger partial charge is 0.188 e. The third kappa shape index (κ3) is 5.71. The van der Waals surface area contributed by atoms with Gasteiger partial charge in [-0.15, -0.1) is 0 Å². The third-order valence-corrected chi connectivity index (χ3v) is 3.52. The van der Waals surface area contributed by atoms with Gasteiger partial charge in [-0.3, -0.25) is 4.99 Å². The highest BCUT2D eigenvalue weighted by atomic mass is 15.2. The van der Waals surface area contributed by atoms with Gasteiger partial charge in [-0.05, 0) is 38.1 Å². The molecule has 1 aliphatic rings. The second kappa shape index (κ2) is 7.62. The van der Waals surface area contributed by atoms with E-state index in [1.807, 2.05) is 0 Å². The molecule has 2 atom stereocenters. The first-order chi connectivity index (χ1) is 8.51. The van der Waals surface area contributed by atoms with Crippen LogP contribution in [-0.2, 0) is 0 Å². The summed E-state index contributed by atoms with van der Waals surface area (Å²) in [5.74, 6) is 2.04. The monoisotopic (exact) mass is 254 g/mol. The lowest BCUT2D eigenvalue weighted by molar-refractivity contribution is 0.288. The molecule has 2 unspecified atom stereocenters. The Labute approximate surface area is 112 Å². The summed E-state index contributed by atoms with van der Waals surface area (Å²) in [6, 6.07) is 0.412. The Bertz CT molecular complexity index is 263. The molecule has 1 saturated heterocycles. The Kier molecular flexibility index (Phi) is 6.47. The van der Waals surface area contributed by atoms with E-state index in [0.29, 0.717) is 17.9 Å². The van der Waals surface area contributed by atoms with Crippen molar-refractivity contribution < 1.29 is 0 Å². The van der Waals surface area contributed by atoms with E-state index < -0.39 is 0 Å². The lowest BCUT2D eigenvalue weighted by Crippen LogP contribution is -2.38. The van der Waals surface area contributed by atoms with E-state index >= 15 is 0 Å². The Hall–Kier alpha value is -0.770. The number of hydrogen-bond donors (Lipinski definition) is 2. The highest BCUT2D eigenvalue weighted by Gasteiger charge is 2.22. The number of nitrogens with zero attached hydrogens (tertiary/aromatic N) is 2. The molecule has 3 N–H and O–H groups in total.